The van der Waals surface area contributed by atoms with E-state index in [1.54, 1.807) is 6.07 Å². The fourth-order valence-electron chi connectivity index (χ4n) is 2.53. The first kappa shape index (κ1) is 19.6. The Bertz CT molecular complexity index is 789. The Kier molecular flexibility index (Phi) is 6.13. The summed E-state index contributed by atoms with van der Waals surface area (Å²) in [4.78, 5) is 11.6. The van der Waals surface area contributed by atoms with Crippen LogP contribution in [0.15, 0.2) is 36.4 Å². The maximum Gasteiger partial charge on any atom is 0.418 e. The molecule has 0 spiro atoms. The van der Waals surface area contributed by atoms with Crippen LogP contribution in [0.1, 0.15) is 29.2 Å². The molecule has 4 nitrogen and oxygen atoms in total. The van der Waals surface area contributed by atoms with Gasteiger partial charge in [0.25, 0.3) is 0 Å². The highest BCUT2D eigenvalue weighted by molar-refractivity contribution is 5.91. The smallest absolute Gasteiger partial charge is 0.418 e. The molecule has 0 fully saturated rings. The number of benzene rings is 2. The molecule has 2 rings (SSSR count). The maximum absolute atomic E-state index is 13.3. The fourth-order valence-corrected chi connectivity index (χ4v) is 2.53. The Labute approximate surface area is 150 Å². The summed E-state index contributed by atoms with van der Waals surface area (Å²) in [5.41, 5.74) is 1.07. The molecule has 0 aromatic heterocycles. The average Bonchev–Trinajstić information content (AvgIpc) is 2.60. The van der Waals surface area contributed by atoms with Crippen molar-refractivity contribution in [1.82, 2.24) is 5.32 Å². The van der Waals surface area contributed by atoms with Gasteiger partial charge in [-0.2, -0.15) is 13.2 Å². The third-order valence-electron chi connectivity index (χ3n) is 3.95. The van der Waals surface area contributed by atoms with Crippen LogP contribution in [0.3, 0.4) is 0 Å². The van der Waals surface area contributed by atoms with Crippen LogP contribution in [0.4, 0.5) is 23.7 Å². The minimum absolute atomic E-state index is 0.102. The number of carbonyl (C=O) groups excluding carboxylic acids is 1. The van der Waals surface area contributed by atoms with Gasteiger partial charge in [-0.25, -0.2) is 4.79 Å². The highest BCUT2D eigenvalue weighted by Crippen LogP contribution is 2.37. The van der Waals surface area contributed by atoms with E-state index < -0.39 is 17.8 Å². The molecule has 0 aliphatic carbocycles. The maximum atomic E-state index is 13.3. The molecule has 0 saturated heterocycles. The van der Waals surface area contributed by atoms with Gasteiger partial charge < -0.3 is 15.4 Å². The lowest BCUT2D eigenvalue weighted by Crippen LogP contribution is -2.27. The number of alkyl halides is 3. The summed E-state index contributed by atoms with van der Waals surface area (Å²) >= 11 is 0. The lowest BCUT2D eigenvalue weighted by Gasteiger charge is -2.18. The van der Waals surface area contributed by atoms with Crippen molar-refractivity contribution < 1.29 is 22.7 Å². The van der Waals surface area contributed by atoms with E-state index in [4.69, 9.17) is 4.74 Å². The molecule has 7 heteroatoms. The van der Waals surface area contributed by atoms with Crippen molar-refractivity contribution in [3.63, 3.8) is 0 Å². The van der Waals surface area contributed by atoms with E-state index in [-0.39, 0.29) is 17.9 Å². The van der Waals surface area contributed by atoms with E-state index in [1.165, 1.54) is 19.2 Å². The van der Waals surface area contributed by atoms with Crippen molar-refractivity contribution in [2.24, 2.45) is 0 Å². The van der Waals surface area contributed by atoms with Gasteiger partial charge in [-0.1, -0.05) is 31.2 Å². The number of anilines is 1. The number of hydrogen-bond donors (Lipinski definition) is 2. The molecule has 26 heavy (non-hydrogen) atoms. The van der Waals surface area contributed by atoms with Gasteiger partial charge in [0.05, 0.1) is 11.3 Å². The van der Waals surface area contributed by atoms with Gasteiger partial charge in [-0.3, -0.25) is 0 Å². The molecule has 2 aromatic rings. The van der Waals surface area contributed by atoms with Gasteiger partial charge in [0.1, 0.15) is 12.4 Å². The molecule has 0 bridgehead atoms. The summed E-state index contributed by atoms with van der Waals surface area (Å²) in [7, 11) is 1.33. The second kappa shape index (κ2) is 8.12. The molecule has 0 heterocycles. The number of para-hydroxylation sites is 1. The summed E-state index contributed by atoms with van der Waals surface area (Å²) in [6.45, 7) is 3.81. The molecule has 0 aliphatic rings. The van der Waals surface area contributed by atoms with Crippen LogP contribution < -0.4 is 15.4 Å². The number of halogens is 3. The number of urea groups is 1. The molecule has 140 valence electrons. The number of aryl methyl sites for hydroxylation is 2. The van der Waals surface area contributed by atoms with Crippen LogP contribution >= 0.6 is 0 Å². The van der Waals surface area contributed by atoms with Crippen molar-refractivity contribution in [3.05, 3.63) is 58.7 Å². The lowest BCUT2D eigenvalue weighted by atomic mass is 10.1. The molecule has 2 aromatic carbocycles. The van der Waals surface area contributed by atoms with Gasteiger partial charge in [-0.15, -0.1) is 0 Å². The van der Waals surface area contributed by atoms with E-state index in [9.17, 15) is 18.0 Å². The van der Waals surface area contributed by atoms with E-state index in [0.29, 0.717) is 5.75 Å². The molecule has 2 amide bonds. The minimum atomic E-state index is -4.59. The predicted octanol–water partition coefficient (Wildman–Crippen LogP) is 4.91. The molecule has 2 N–H and O–H groups in total. The van der Waals surface area contributed by atoms with Gasteiger partial charge in [0, 0.05) is 12.6 Å². The summed E-state index contributed by atoms with van der Waals surface area (Å²) in [5.74, 6) is 0.588. The van der Waals surface area contributed by atoms with Crippen LogP contribution in [0.2, 0.25) is 0 Å². The van der Waals surface area contributed by atoms with Crippen molar-refractivity contribution >= 4 is 11.7 Å². The zero-order valence-electron chi connectivity index (χ0n) is 14.8. The standard InChI is InChI=1S/C19H21F3N2O2/c1-4-13-8-9-16(12(2)10-13)26-11-14-6-5-7-15(19(20,21)22)17(14)24-18(25)23-3/h5-10H,4,11H2,1-3H3,(H2,23,24,25). The molecule has 0 atom stereocenters. The molecular weight excluding hydrogens is 345 g/mol. The Morgan fingerprint density at radius 1 is 1.19 bits per heavy atom. The van der Waals surface area contributed by atoms with Crippen LogP contribution in [0.5, 0.6) is 5.75 Å². The second-order valence-corrected chi connectivity index (χ2v) is 5.78. The van der Waals surface area contributed by atoms with E-state index >= 15 is 0 Å². The monoisotopic (exact) mass is 366 g/mol. The number of ether oxygens (including phenoxy) is 1. The predicted molar refractivity (Wildman–Crippen MR) is 94.4 cm³/mol. The highest BCUT2D eigenvalue weighted by atomic mass is 19.4. The van der Waals surface area contributed by atoms with Crippen LogP contribution in [0, 0.1) is 6.92 Å². The van der Waals surface area contributed by atoms with Gasteiger partial charge in [0.15, 0.2) is 0 Å². The first-order chi connectivity index (χ1) is 12.3. The van der Waals surface area contributed by atoms with Crippen LogP contribution in [-0.2, 0) is 19.2 Å². The molecule has 0 saturated carbocycles. The fraction of sp³-hybridized carbons (Fsp3) is 0.316. The first-order valence-corrected chi connectivity index (χ1v) is 8.16. The third-order valence-corrected chi connectivity index (χ3v) is 3.95. The summed E-state index contributed by atoms with van der Waals surface area (Å²) in [6, 6.07) is 8.68. The number of amides is 2. The summed E-state index contributed by atoms with van der Waals surface area (Å²) in [6.07, 6.45) is -3.71. The third kappa shape index (κ3) is 4.68. The molecule has 0 aliphatic heterocycles. The summed E-state index contributed by atoms with van der Waals surface area (Å²) < 4.78 is 45.5. The second-order valence-electron chi connectivity index (χ2n) is 5.78. The van der Waals surface area contributed by atoms with Crippen LogP contribution in [0.25, 0.3) is 0 Å². The van der Waals surface area contributed by atoms with E-state index in [2.05, 4.69) is 10.6 Å². The normalized spacial score (nSPS) is 11.2. The van der Waals surface area contributed by atoms with Crippen molar-refractivity contribution in [2.75, 3.05) is 12.4 Å². The highest BCUT2D eigenvalue weighted by Gasteiger charge is 2.35. The molecule has 0 radical (unpaired) electrons. The average molecular weight is 366 g/mol. The number of hydrogen-bond acceptors (Lipinski definition) is 2. The van der Waals surface area contributed by atoms with Gasteiger partial charge in [0.2, 0.25) is 0 Å². The van der Waals surface area contributed by atoms with Gasteiger partial charge in [-0.05, 0) is 36.6 Å². The Hall–Kier alpha value is -2.70. The van der Waals surface area contributed by atoms with Crippen molar-refractivity contribution in [1.29, 1.82) is 0 Å². The zero-order chi connectivity index (χ0) is 19.3. The molecule has 0 unspecified atom stereocenters. The topological polar surface area (TPSA) is 50.4 Å². The molecular formula is C19H21F3N2O2. The number of rotatable bonds is 5. The van der Waals surface area contributed by atoms with E-state index in [1.807, 2.05) is 26.0 Å². The Morgan fingerprint density at radius 3 is 2.50 bits per heavy atom. The quantitative estimate of drug-likeness (QED) is 0.790. The number of carbonyl (C=O) groups is 1. The van der Waals surface area contributed by atoms with Gasteiger partial charge >= 0.3 is 12.2 Å². The minimum Gasteiger partial charge on any atom is -0.489 e. The number of nitrogens with one attached hydrogen (secondary N) is 2. The zero-order valence-corrected chi connectivity index (χ0v) is 14.8. The summed E-state index contributed by atoms with van der Waals surface area (Å²) in [5, 5.41) is 4.51. The Morgan fingerprint density at radius 2 is 1.92 bits per heavy atom. The van der Waals surface area contributed by atoms with Crippen LogP contribution in [-0.4, -0.2) is 13.1 Å². The SMILES string of the molecule is CCc1ccc(OCc2cccc(C(F)(F)F)c2NC(=O)NC)c(C)c1. The Balaban J connectivity index is 2.32. The van der Waals surface area contributed by atoms with Crippen molar-refractivity contribution in [2.45, 2.75) is 33.1 Å². The largest absolute Gasteiger partial charge is 0.489 e. The lowest BCUT2D eigenvalue weighted by molar-refractivity contribution is -0.137. The first-order valence-electron chi connectivity index (χ1n) is 8.16. The van der Waals surface area contributed by atoms with Crippen molar-refractivity contribution in [3.8, 4) is 5.75 Å². The van der Waals surface area contributed by atoms with E-state index in [0.717, 1.165) is 23.6 Å².